The number of hydrogen-bond donors (Lipinski definition) is 0. The van der Waals surface area contributed by atoms with Crippen molar-refractivity contribution in [3.8, 4) is 0 Å². The molecule has 0 amide bonds. The van der Waals surface area contributed by atoms with Gasteiger partial charge in [0.05, 0.1) is 46.7 Å². The molecule has 10 heteroatoms. The highest BCUT2D eigenvalue weighted by atomic mass is 16.7. The molecular formula is C35H48O10. The number of carbonyl (C=O) groups excluding carboxylic acids is 5. The summed E-state index contributed by atoms with van der Waals surface area (Å²) in [6.45, 7) is 8.31. The first-order chi connectivity index (χ1) is 21.2. The summed E-state index contributed by atoms with van der Waals surface area (Å²) in [6.07, 6.45) is 9.55. The Kier molecular flexibility index (Phi) is 7.27. The van der Waals surface area contributed by atoms with Gasteiger partial charge in [-0.25, -0.2) is 0 Å². The van der Waals surface area contributed by atoms with Crippen LogP contribution in [0, 0.1) is 52.3 Å². The molecule has 0 N–H and O–H groups in total. The van der Waals surface area contributed by atoms with Crippen LogP contribution < -0.4 is 0 Å². The Labute approximate surface area is 264 Å². The highest BCUT2D eigenvalue weighted by Gasteiger charge is 2.72. The van der Waals surface area contributed by atoms with Gasteiger partial charge >= 0.3 is 29.8 Å². The van der Waals surface area contributed by atoms with E-state index in [0.717, 1.165) is 51.4 Å². The highest BCUT2D eigenvalue weighted by molar-refractivity contribution is 6.02. The van der Waals surface area contributed by atoms with E-state index in [1.807, 2.05) is 6.92 Å². The van der Waals surface area contributed by atoms with Crippen LogP contribution in [0.2, 0.25) is 0 Å². The fourth-order valence-corrected chi connectivity index (χ4v) is 10.4. The van der Waals surface area contributed by atoms with Gasteiger partial charge in [0.1, 0.15) is 5.60 Å². The van der Waals surface area contributed by atoms with Crippen LogP contribution in [0.3, 0.4) is 0 Å². The largest absolute Gasteiger partial charge is 0.459 e. The SMILES string of the molecule is CC(OC1CC2CCC1C2)C1C(=O)OC(=O)C1C(C)(C(=O)OC1(C)CCCCC1)C(C)(C)C(=O)OC12CC3CC(C(=O)O1)C2C3. The van der Waals surface area contributed by atoms with E-state index in [1.54, 1.807) is 20.8 Å². The van der Waals surface area contributed by atoms with E-state index < -0.39 is 64.0 Å². The number of ether oxygens (including phenoxy) is 5. The van der Waals surface area contributed by atoms with Crippen molar-refractivity contribution in [1.82, 2.24) is 0 Å². The van der Waals surface area contributed by atoms with Crippen molar-refractivity contribution in [2.75, 3.05) is 0 Å². The summed E-state index contributed by atoms with van der Waals surface area (Å²) in [5.41, 5.74) is -4.34. The zero-order valence-corrected chi connectivity index (χ0v) is 27.3. The van der Waals surface area contributed by atoms with E-state index in [4.69, 9.17) is 23.7 Å². The monoisotopic (exact) mass is 628 g/mol. The van der Waals surface area contributed by atoms with E-state index in [0.29, 0.717) is 31.1 Å². The molecule has 4 bridgehead atoms. The summed E-state index contributed by atoms with van der Waals surface area (Å²) in [5, 5.41) is 0. The van der Waals surface area contributed by atoms with Gasteiger partial charge in [-0.2, -0.15) is 0 Å². The predicted octanol–water partition coefficient (Wildman–Crippen LogP) is 5.04. The molecule has 11 atom stereocenters. The Morgan fingerprint density at radius 3 is 2.24 bits per heavy atom. The van der Waals surface area contributed by atoms with Crippen LogP contribution in [-0.4, -0.2) is 53.4 Å². The van der Waals surface area contributed by atoms with Crippen LogP contribution in [0.15, 0.2) is 0 Å². The van der Waals surface area contributed by atoms with Gasteiger partial charge in [-0.15, -0.1) is 0 Å². The molecule has 11 unspecified atom stereocenters. The smallest absolute Gasteiger partial charge is 0.320 e. The van der Waals surface area contributed by atoms with Crippen molar-refractivity contribution in [1.29, 1.82) is 0 Å². The Morgan fingerprint density at radius 1 is 0.867 bits per heavy atom. The lowest BCUT2D eigenvalue weighted by atomic mass is 9.56. The maximum absolute atomic E-state index is 14.6. The maximum atomic E-state index is 14.6. The number of fused-ring (bicyclic) bond motifs is 3. The number of rotatable bonds is 9. The van der Waals surface area contributed by atoms with Crippen LogP contribution in [0.4, 0.5) is 0 Å². The van der Waals surface area contributed by atoms with Crippen LogP contribution in [0.25, 0.3) is 0 Å². The fraction of sp³-hybridized carbons (Fsp3) is 0.857. The molecule has 0 spiro atoms. The van der Waals surface area contributed by atoms with Gasteiger partial charge in [0.25, 0.3) is 5.79 Å². The van der Waals surface area contributed by atoms with E-state index in [-0.39, 0.29) is 29.8 Å². The summed E-state index contributed by atoms with van der Waals surface area (Å²) >= 11 is 0. The first-order valence-corrected chi connectivity index (χ1v) is 17.3. The summed E-state index contributed by atoms with van der Waals surface area (Å²) in [6, 6.07) is 0. The van der Waals surface area contributed by atoms with Crippen molar-refractivity contribution >= 4 is 29.8 Å². The Balaban J connectivity index is 1.22. The molecule has 248 valence electrons. The molecule has 0 aromatic rings. The lowest BCUT2D eigenvalue weighted by Gasteiger charge is -2.47. The van der Waals surface area contributed by atoms with E-state index in [2.05, 4.69) is 0 Å². The van der Waals surface area contributed by atoms with Crippen molar-refractivity contribution < 1.29 is 47.7 Å². The minimum Gasteiger partial charge on any atom is -0.459 e. The second kappa shape index (κ2) is 10.5. The second-order valence-electron chi connectivity index (χ2n) is 16.4. The summed E-state index contributed by atoms with van der Waals surface area (Å²) in [4.78, 5) is 68.9. The standard InChI is InChI=1S/C35H48O10/c1-18(41-24-16-19-9-10-21(24)13-19)25-26(29(38)42-28(25)37)34(5,31(40)44-33(4)11-7-6-8-12-33)32(2,3)30(39)45-35-17-20-14-22(23(35)15-20)27(36)43-35/h18-26H,6-17H2,1-5H3. The van der Waals surface area contributed by atoms with E-state index in [1.165, 1.54) is 13.3 Å². The maximum Gasteiger partial charge on any atom is 0.320 e. The molecule has 0 aromatic carbocycles. The highest BCUT2D eigenvalue weighted by Crippen LogP contribution is 2.62. The lowest BCUT2D eigenvalue weighted by Crippen LogP contribution is -2.59. The molecule has 10 nitrogen and oxygen atoms in total. The van der Waals surface area contributed by atoms with Crippen LogP contribution in [-0.2, 0) is 47.7 Å². The van der Waals surface area contributed by atoms with Crippen molar-refractivity contribution in [3.05, 3.63) is 0 Å². The number of hydrogen-bond acceptors (Lipinski definition) is 10. The summed E-state index contributed by atoms with van der Waals surface area (Å²) in [7, 11) is 0. The second-order valence-corrected chi connectivity index (χ2v) is 16.4. The Morgan fingerprint density at radius 2 is 1.60 bits per heavy atom. The van der Waals surface area contributed by atoms with Crippen LogP contribution in [0.5, 0.6) is 0 Å². The first kappa shape index (κ1) is 31.1. The molecule has 7 aliphatic rings. The fourth-order valence-electron chi connectivity index (χ4n) is 10.4. The van der Waals surface area contributed by atoms with Gasteiger partial charge in [-0.1, -0.05) is 6.42 Å². The molecule has 2 heterocycles. The van der Waals surface area contributed by atoms with Gasteiger partial charge < -0.3 is 23.7 Å². The van der Waals surface area contributed by atoms with Gasteiger partial charge in [0.2, 0.25) is 0 Å². The zero-order chi connectivity index (χ0) is 32.1. The number of cyclic esters (lactones) is 2. The average Bonchev–Trinajstić information content (AvgIpc) is 3.80. The van der Waals surface area contributed by atoms with Crippen LogP contribution >= 0.6 is 0 Å². The molecule has 0 radical (unpaired) electrons. The molecule has 5 saturated carbocycles. The van der Waals surface area contributed by atoms with Crippen molar-refractivity contribution in [2.24, 2.45) is 52.3 Å². The minimum atomic E-state index is -1.87. The third-order valence-electron chi connectivity index (χ3n) is 13.4. The molecule has 2 saturated heterocycles. The zero-order valence-electron chi connectivity index (χ0n) is 27.3. The first-order valence-electron chi connectivity index (χ1n) is 17.3. The number of esters is 5. The molecule has 45 heavy (non-hydrogen) atoms. The average molecular weight is 629 g/mol. The van der Waals surface area contributed by atoms with Gasteiger partial charge in [-0.05, 0) is 117 Å². The van der Waals surface area contributed by atoms with Gasteiger partial charge in [0.15, 0.2) is 0 Å². The predicted molar refractivity (Wildman–Crippen MR) is 157 cm³/mol. The molecule has 0 aromatic heterocycles. The van der Waals surface area contributed by atoms with E-state index in [9.17, 15) is 24.0 Å². The third kappa shape index (κ3) is 4.69. The molecular weight excluding hydrogens is 580 g/mol. The van der Waals surface area contributed by atoms with Crippen LogP contribution in [0.1, 0.15) is 112 Å². The number of carbonyl (C=O) groups is 5. The Hall–Kier alpha value is -2.49. The van der Waals surface area contributed by atoms with Crippen molar-refractivity contribution in [3.63, 3.8) is 0 Å². The molecule has 5 aliphatic carbocycles. The molecule has 7 rings (SSSR count). The third-order valence-corrected chi connectivity index (χ3v) is 13.4. The molecule has 2 aliphatic heterocycles. The molecule has 7 fully saturated rings. The quantitative estimate of drug-likeness (QED) is 0.194. The summed E-state index contributed by atoms with van der Waals surface area (Å²) < 4.78 is 30.0. The summed E-state index contributed by atoms with van der Waals surface area (Å²) in [5.74, 6) is -6.60. The van der Waals surface area contributed by atoms with Gasteiger partial charge in [0, 0.05) is 6.42 Å². The Bertz CT molecular complexity index is 1300. The van der Waals surface area contributed by atoms with Crippen molar-refractivity contribution in [2.45, 2.75) is 135 Å². The lowest BCUT2D eigenvalue weighted by molar-refractivity contribution is -0.238. The topological polar surface area (TPSA) is 132 Å². The van der Waals surface area contributed by atoms with Gasteiger partial charge in [-0.3, -0.25) is 24.0 Å². The minimum absolute atomic E-state index is 0.0258. The normalized spacial score (nSPS) is 41.5. The van der Waals surface area contributed by atoms with E-state index >= 15 is 0 Å².